The fraction of sp³-hybridized carbons (Fsp3) is 0.742. The highest BCUT2D eigenvalue weighted by Gasteiger charge is 2.35. The van der Waals surface area contributed by atoms with E-state index in [1.807, 2.05) is 0 Å². The van der Waals surface area contributed by atoms with Crippen LogP contribution in [0.25, 0.3) is 0 Å². The molecule has 0 aliphatic rings. The molecule has 0 aliphatic heterocycles. The largest absolute Gasteiger partial charge is 0.480 e. The highest BCUT2D eigenvalue weighted by molar-refractivity contribution is 5.97. The Morgan fingerprint density at radius 1 is 0.580 bits per heavy atom. The van der Waals surface area contributed by atoms with Gasteiger partial charge in [0.1, 0.15) is 36.3 Å². The zero-order valence-electron chi connectivity index (χ0n) is 29.9. The number of carboxylic acid groups (broad SMARTS) is 1. The third-order valence-corrected chi connectivity index (χ3v) is 7.60. The van der Waals surface area contributed by atoms with Gasteiger partial charge in [-0.1, -0.05) is 27.7 Å². The molecule has 0 aliphatic carbocycles. The zero-order valence-corrected chi connectivity index (χ0v) is 29.9. The molecule has 0 heterocycles. The molecule has 0 fully saturated rings. The average molecular weight is 716 g/mol. The Labute approximate surface area is 292 Å². The molecule has 286 valence electrons. The van der Waals surface area contributed by atoms with Crippen LogP contribution in [0.1, 0.15) is 80.6 Å². The maximum atomic E-state index is 13.5. The maximum absolute atomic E-state index is 13.5. The van der Waals surface area contributed by atoms with Gasteiger partial charge in [-0.05, 0) is 64.8 Å². The summed E-state index contributed by atoms with van der Waals surface area (Å²) in [6, 6.07) is -8.80. The Balaban J connectivity index is 6.05. The monoisotopic (exact) mass is 715 g/mol. The lowest BCUT2D eigenvalue weighted by atomic mass is 10.0. The number of aliphatic hydroxyl groups is 1. The first-order chi connectivity index (χ1) is 23.1. The van der Waals surface area contributed by atoms with E-state index >= 15 is 0 Å². The maximum Gasteiger partial charge on any atom is 0.326 e. The fourth-order valence-corrected chi connectivity index (χ4v) is 4.49. The highest BCUT2D eigenvalue weighted by atomic mass is 16.4. The normalized spacial score (nSPS) is 16.0. The van der Waals surface area contributed by atoms with Gasteiger partial charge in [-0.15, -0.1) is 0 Å². The van der Waals surface area contributed by atoms with Crippen LogP contribution in [0.15, 0.2) is 0 Å². The molecule has 0 aromatic heterocycles. The average Bonchev–Trinajstić information content (AvgIpc) is 3.01. The van der Waals surface area contributed by atoms with E-state index in [0.717, 1.165) is 0 Å². The van der Waals surface area contributed by atoms with E-state index < -0.39 is 102 Å². The third-order valence-electron chi connectivity index (χ3n) is 7.60. The van der Waals surface area contributed by atoms with Crippen LogP contribution in [0.4, 0.5) is 0 Å². The van der Waals surface area contributed by atoms with Gasteiger partial charge in [0.15, 0.2) is 0 Å². The molecule has 0 rings (SSSR count). The van der Waals surface area contributed by atoms with Gasteiger partial charge in [-0.25, -0.2) is 4.79 Å². The zero-order chi connectivity index (χ0) is 38.9. The number of amides is 7. The number of carbonyl (C=O) groups is 8. The molecule has 0 radical (unpaired) electrons. The summed E-state index contributed by atoms with van der Waals surface area (Å²) >= 11 is 0. The van der Waals surface area contributed by atoms with Crippen molar-refractivity contribution in [3.8, 4) is 0 Å². The lowest BCUT2D eigenvalue weighted by molar-refractivity contribution is -0.144. The molecule has 0 aromatic rings. The molecule has 19 heteroatoms. The van der Waals surface area contributed by atoms with Gasteiger partial charge in [0.2, 0.25) is 41.4 Å². The first-order valence-corrected chi connectivity index (χ1v) is 16.6. The van der Waals surface area contributed by atoms with E-state index in [0.29, 0.717) is 12.8 Å². The topological polar surface area (TPSA) is 327 Å². The van der Waals surface area contributed by atoms with E-state index in [9.17, 15) is 48.6 Å². The van der Waals surface area contributed by atoms with Gasteiger partial charge in [0.05, 0.1) is 12.1 Å². The van der Waals surface area contributed by atoms with Crippen LogP contribution in [-0.2, 0) is 38.4 Å². The van der Waals surface area contributed by atoms with Crippen molar-refractivity contribution in [1.29, 1.82) is 0 Å². The van der Waals surface area contributed by atoms with Crippen LogP contribution >= 0.6 is 0 Å². The van der Waals surface area contributed by atoms with Crippen LogP contribution in [0.5, 0.6) is 0 Å². The van der Waals surface area contributed by atoms with Crippen LogP contribution in [0.2, 0.25) is 0 Å². The molecule has 8 atom stereocenters. The van der Waals surface area contributed by atoms with E-state index in [1.165, 1.54) is 20.8 Å². The van der Waals surface area contributed by atoms with Gasteiger partial charge in [-0.3, -0.25) is 33.6 Å². The minimum Gasteiger partial charge on any atom is -0.480 e. The smallest absolute Gasteiger partial charge is 0.326 e. The van der Waals surface area contributed by atoms with E-state index in [1.54, 1.807) is 27.7 Å². The number of aliphatic carboxylic acids is 1. The standard InChI is InChI=1S/C31H57N9O10/c1-14(2)22(38-25(43)16(5)33)29(47)35-17(6)26(44)36-20(11-12-21(34)42)27(45)37-19(10-8-9-13-32)28(46)40-24(18(7)41)30(48)39-23(15(3)4)31(49)50/h14-20,22-24,41H,8-13,32-33H2,1-7H3,(H2,34,42)(H,35,47)(H,36,44)(H,37,45)(H,38,43)(H,39,48)(H,40,46)(H,49,50)/t16-,17-,18+,19-,20-,22-,23-,24-/m0/s1. The second kappa shape index (κ2) is 22.4. The number of primary amides is 1. The Hall–Kier alpha value is -4.36. The number of carboxylic acids is 1. The lowest BCUT2D eigenvalue weighted by Gasteiger charge is -2.28. The third kappa shape index (κ3) is 16.4. The number of nitrogens with two attached hydrogens (primary N) is 3. The van der Waals surface area contributed by atoms with E-state index in [-0.39, 0.29) is 31.7 Å². The Morgan fingerprint density at radius 2 is 1.04 bits per heavy atom. The summed E-state index contributed by atoms with van der Waals surface area (Å²) in [5.41, 5.74) is 16.4. The van der Waals surface area contributed by atoms with Crippen LogP contribution in [-0.4, -0.2) is 112 Å². The fourth-order valence-electron chi connectivity index (χ4n) is 4.49. The molecule has 0 spiro atoms. The predicted molar refractivity (Wildman–Crippen MR) is 181 cm³/mol. The van der Waals surface area contributed by atoms with Crippen molar-refractivity contribution >= 4 is 47.3 Å². The number of hydrogen-bond acceptors (Lipinski definition) is 11. The van der Waals surface area contributed by atoms with Crippen molar-refractivity contribution in [3.63, 3.8) is 0 Å². The van der Waals surface area contributed by atoms with Crippen molar-refractivity contribution < 1.29 is 48.6 Å². The Morgan fingerprint density at radius 3 is 1.50 bits per heavy atom. The number of hydrogen-bond donors (Lipinski definition) is 11. The molecular formula is C31H57N9O10. The minimum absolute atomic E-state index is 0.0132. The number of unbranched alkanes of at least 4 members (excludes halogenated alkanes) is 1. The number of rotatable bonds is 23. The molecule has 0 saturated heterocycles. The summed E-state index contributed by atoms with van der Waals surface area (Å²) in [5, 5.41) is 34.3. The predicted octanol–water partition coefficient (Wildman–Crippen LogP) is -3.57. The molecule has 19 nitrogen and oxygen atoms in total. The quantitative estimate of drug-likeness (QED) is 0.0458. The molecule has 0 bridgehead atoms. The summed E-state index contributed by atoms with van der Waals surface area (Å²) in [6.45, 7) is 10.7. The van der Waals surface area contributed by atoms with Gasteiger partial charge in [-0.2, -0.15) is 0 Å². The van der Waals surface area contributed by atoms with Crippen molar-refractivity contribution in [2.24, 2.45) is 29.0 Å². The lowest BCUT2D eigenvalue weighted by Crippen LogP contribution is -2.61. The SMILES string of the molecule is CC(C)[C@H](NC(=O)[C@@H](NC(=O)[C@H](CCCCN)NC(=O)[C@H](CCC(N)=O)NC(=O)[C@H](C)NC(=O)[C@@H](NC(=O)[C@H](C)N)C(C)C)[C@@H](C)O)C(=O)O. The second-order valence-electron chi connectivity index (χ2n) is 13.0. The van der Waals surface area contributed by atoms with Crippen LogP contribution in [0, 0.1) is 11.8 Å². The van der Waals surface area contributed by atoms with Crippen LogP contribution in [0.3, 0.4) is 0 Å². The van der Waals surface area contributed by atoms with Crippen molar-refractivity contribution in [2.45, 2.75) is 129 Å². The highest BCUT2D eigenvalue weighted by Crippen LogP contribution is 2.08. The Bertz CT molecular complexity index is 1200. The number of aliphatic hydroxyl groups excluding tert-OH is 1. The summed E-state index contributed by atoms with van der Waals surface area (Å²) in [7, 11) is 0. The number of nitrogens with one attached hydrogen (secondary N) is 6. The Kier molecular flexibility index (Phi) is 20.4. The van der Waals surface area contributed by atoms with E-state index in [2.05, 4.69) is 31.9 Å². The molecule has 50 heavy (non-hydrogen) atoms. The van der Waals surface area contributed by atoms with Crippen molar-refractivity contribution in [3.05, 3.63) is 0 Å². The van der Waals surface area contributed by atoms with E-state index in [4.69, 9.17) is 17.2 Å². The molecule has 0 unspecified atom stereocenters. The first-order valence-electron chi connectivity index (χ1n) is 16.6. The van der Waals surface area contributed by atoms with Crippen LogP contribution < -0.4 is 49.1 Å². The summed E-state index contributed by atoms with van der Waals surface area (Å²) in [4.78, 5) is 101. The molecule has 0 saturated carbocycles. The summed E-state index contributed by atoms with van der Waals surface area (Å²) in [6.07, 6.45) is -1.29. The molecule has 14 N–H and O–H groups in total. The summed E-state index contributed by atoms with van der Waals surface area (Å²) < 4.78 is 0. The van der Waals surface area contributed by atoms with Crippen molar-refractivity contribution in [1.82, 2.24) is 31.9 Å². The second-order valence-corrected chi connectivity index (χ2v) is 13.0. The van der Waals surface area contributed by atoms with Gasteiger partial charge in [0.25, 0.3) is 0 Å². The van der Waals surface area contributed by atoms with Gasteiger partial charge < -0.3 is 59.3 Å². The molecule has 0 aromatic carbocycles. The van der Waals surface area contributed by atoms with Gasteiger partial charge in [0, 0.05) is 6.42 Å². The molecular weight excluding hydrogens is 658 g/mol. The van der Waals surface area contributed by atoms with Crippen molar-refractivity contribution in [2.75, 3.05) is 6.54 Å². The minimum atomic E-state index is -1.60. The first kappa shape index (κ1) is 45.6. The summed E-state index contributed by atoms with van der Waals surface area (Å²) in [5.74, 6) is -7.88. The molecule has 7 amide bonds. The van der Waals surface area contributed by atoms with Gasteiger partial charge >= 0.3 is 5.97 Å². The number of carbonyl (C=O) groups excluding carboxylic acids is 7.